The lowest BCUT2D eigenvalue weighted by Crippen LogP contribution is -2.51. The largest absolute Gasteiger partial charge is 0.439 e. The predicted octanol–water partition coefficient (Wildman–Crippen LogP) is 2.93. The summed E-state index contributed by atoms with van der Waals surface area (Å²) >= 11 is 0. The number of hydrogen-bond acceptors (Lipinski definition) is 5. The molecule has 0 aliphatic carbocycles. The third-order valence-electron chi connectivity index (χ3n) is 4.47. The smallest absolute Gasteiger partial charge is 0.209 e. The van der Waals surface area contributed by atoms with Crippen molar-refractivity contribution in [3.05, 3.63) is 54.7 Å². The number of nitrogens with zero attached hydrogens (tertiary/aromatic N) is 4. The van der Waals surface area contributed by atoms with Crippen LogP contribution in [0.3, 0.4) is 0 Å². The van der Waals surface area contributed by atoms with Crippen molar-refractivity contribution in [2.24, 2.45) is 0 Å². The second-order valence-electron chi connectivity index (χ2n) is 6.05. The molecule has 1 unspecified atom stereocenters. The van der Waals surface area contributed by atoms with E-state index < -0.39 is 0 Å². The van der Waals surface area contributed by atoms with Crippen LogP contribution in [0.1, 0.15) is 12.8 Å². The van der Waals surface area contributed by atoms with Crippen molar-refractivity contribution < 1.29 is 4.42 Å². The Morgan fingerprint density at radius 3 is 2.74 bits per heavy atom. The molecule has 0 bridgehead atoms. The van der Waals surface area contributed by atoms with E-state index in [0.717, 1.165) is 43.2 Å². The van der Waals surface area contributed by atoms with Gasteiger partial charge in [0.2, 0.25) is 5.89 Å². The standard InChI is InChI=1S/C18H20N4O/c1-14-12-22(15-6-8-19-9-7-15)11-10-21(14)13-18-20-16-4-2-3-5-17(16)23-18/h2-9,14H,10-13H2,1H3. The Kier molecular flexibility index (Phi) is 3.71. The van der Waals surface area contributed by atoms with E-state index >= 15 is 0 Å². The van der Waals surface area contributed by atoms with Crippen molar-refractivity contribution in [2.45, 2.75) is 19.5 Å². The number of para-hydroxylation sites is 2. The summed E-state index contributed by atoms with van der Waals surface area (Å²) in [4.78, 5) is 13.5. The van der Waals surface area contributed by atoms with Gasteiger partial charge in [-0.3, -0.25) is 9.88 Å². The number of benzene rings is 1. The third-order valence-corrected chi connectivity index (χ3v) is 4.47. The highest BCUT2D eigenvalue weighted by molar-refractivity contribution is 5.72. The summed E-state index contributed by atoms with van der Waals surface area (Å²) in [6.45, 7) is 6.04. The summed E-state index contributed by atoms with van der Waals surface area (Å²) in [5.41, 5.74) is 3.05. The Bertz CT molecular complexity index is 753. The minimum Gasteiger partial charge on any atom is -0.439 e. The summed E-state index contributed by atoms with van der Waals surface area (Å²) in [6.07, 6.45) is 3.70. The SMILES string of the molecule is CC1CN(c2ccncc2)CCN1Cc1nc2ccccc2o1. The van der Waals surface area contributed by atoms with Crippen molar-refractivity contribution in [1.82, 2.24) is 14.9 Å². The van der Waals surface area contributed by atoms with Gasteiger partial charge < -0.3 is 9.32 Å². The van der Waals surface area contributed by atoms with Gasteiger partial charge in [0.05, 0.1) is 6.54 Å². The van der Waals surface area contributed by atoms with Crippen LogP contribution in [0.4, 0.5) is 5.69 Å². The fourth-order valence-electron chi connectivity index (χ4n) is 3.18. The van der Waals surface area contributed by atoms with Gasteiger partial charge in [0.1, 0.15) is 5.52 Å². The van der Waals surface area contributed by atoms with Gasteiger partial charge in [-0.25, -0.2) is 4.98 Å². The Hall–Kier alpha value is -2.40. The second kappa shape index (κ2) is 6.01. The van der Waals surface area contributed by atoms with E-state index in [-0.39, 0.29) is 0 Å². The molecule has 5 heteroatoms. The summed E-state index contributed by atoms with van der Waals surface area (Å²) in [6, 6.07) is 12.5. The monoisotopic (exact) mass is 308 g/mol. The van der Waals surface area contributed by atoms with Crippen LogP contribution in [0.5, 0.6) is 0 Å². The van der Waals surface area contributed by atoms with E-state index in [4.69, 9.17) is 4.42 Å². The highest BCUT2D eigenvalue weighted by Crippen LogP contribution is 2.21. The fourth-order valence-corrected chi connectivity index (χ4v) is 3.18. The van der Waals surface area contributed by atoms with Crippen LogP contribution >= 0.6 is 0 Å². The topological polar surface area (TPSA) is 45.4 Å². The molecule has 0 N–H and O–H groups in total. The molecule has 5 nitrogen and oxygen atoms in total. The summed E-state index contributed by atoms with van der Waals surface area (Å²) in [5, 5.41) is 0. The maximum absolute atomic E-state index is 5.86. The second-order valence-corrected chi connectivity index (χ2v) is 6.05. The molecule has 4 rings (SSSR count). The number of anilines is 1. The molecule has 0 spiro atoms. The molecule has 1 aromatic carbocycles. The quantitative estimate of drug-likeness (QED) is 0.744. The van der Waals surface area contributed by atoms with Crippen molar-refractivity contribution in [3.8, 4) is 0 Å². The lowest BCUT2D eigenvalue weighted by atomic mass is 10.1. The maximum Gasteiger partial charge on any atom is 0.209 e. The minimum atomic E-state index is 0.451. The number of aromatic nitrogens is 2. The fraction of sp³-hybridized carbons (Fsp3) is 0.333. The number of fused-ring (bicyclic) bond motifs is 1. The van der Waals surface area contributed by atoms with Gasteiger partial charge in [0, 0.05) is 43.8 Å². The average molecular weight is 308 g/mol. The van der Waals surface area contributed by atoms with Gasteiger partial charge in [-0.2, -0.15) is 0 Å². The van der Waals surface area contributed by atoms with Crippen molar-refractivity contribution in [2.75, 3.05) is 24.5 Å². The van der Waals surface area contributed by atoms with E-state index in [1.54, 1.807) is 0 Å². The molecule has 1 fully saturated rings. The lowest BCUT2D eigenvalue weighted by molar-refractivity contribution is 0.166. The molecule has 0 saturated carbocycles. The summed E-state index contributed by atoms with van der Waals surface area (Å²) < 4.78 is 5.86. The summed E-state index contributed by atoms with van der Waals surface area (Å²) in [7, 11) is 0. The van der Waals surface area contributed by atoms with Gasteiger partial charge in [-0.1, -0.05) is 12.1 Å². The van der Waals surface area contributed by atoms with Crippen molar-refractivity contribution >= 4 is 16.8 Å². The van der Waals surface area contributed by atoms with Crippen molar-refractivity contribution in [1.29, 1.82) is 0 Å². The molecule has 0 radical (unpaired) electrons. The molecule has 1 aliphatic heterocycles. The zero-order valence-corrected chi connectivity index (χ0v) is 13.2. The summed E-state index contributed by atoms with van der Waals surface area (Å²) in [5.74, 6) is 0.801. The number of pyridine rings is 1. The van der Waals surface area contributed by atoms with Crippen molar-refractivity contribution in [3.63, 3.8) is 0 Å². The first-order valence-corrected chi connectivity index (χ1v) is 8.03. The van der Waals surface area contributed by atoms with Crippen LogP contribution in [0.15, 0.2) is 53.2 Å². The Morgan fingerprint density at radius 1 is 1.13 bits per heavy atom. The molecule has 118 valence electrons. The van der Waals surface area contributed by atoms with E-state index in [2.05, 4.69) is 38.8 Å². The molecule has 1 atom stereocenters. The van der Waals surface area contributed by atoms with E-state index in [0.29, 0.717) is 6.04 Å². The number of rotatable bonds is 3. The number of oxazole rings is 1. The van der Waals surface area contributed by atoms with Gasteiger partial charge in [-0.15, -0.1) is 0 Å². The first-order chi connectivity index (χ1) is 11.3. The maximum atomic E-state index is 5.86. The molecule has 0 amide bonds. The zero-order chi connectivity index (χ0) is 15.6. The highest BCUT2D eigenvalue weighted by atomic mass is 16.3. The van der Waals surface area contributed by atoms with Crippen LogP contribution in [-0.4, -0.2) is 40.5 Å². The van der Waals surface area contributed by atoms with Crippen LogP contribution in [0.25, 0.3) is 11.1 Å². The lowest BCUT2D eigenvalue weighted by Gasteiger charge is -2.40. The first kappa shape index (κ1) is 14.2. The molecule has 23 heavy (non-hydrogen) atoms. The first-order valence-electron chi connectivity index (χ1n) is 8.03. The van der Waals surface area contributed by atoms with Gasteiger partial charge in [-0.05, 0) is 31.2 Å². The van der Waals surface area contributed by atoms with E-state index in [1.807, 2.05) is 36.7 Å². The minimum absolute atomic E-state index is 0.451. The van der Waals surface area contributed by atoms with Gasteiger partial charge >= 0.3 is 0 Å². The molecule has 3 aromatic rings. The average Bonchev–Trinajstić information content (AvgIpc) is 3.00. The molecule has 1 saturated heterocycles. The molecule has 2 aromatic heterocycles. The number of piperazine rings is 1. The normalized spacial score (nSPS) is 19.3. The van der Waals surface area contributed by atoms with Crippen LogP contribution in [0, 0.1) is 0 Å². The zero-order valence-electron chi connectivity index (χ0n) is 13.2. The van der Waals surface area contributed by atoms with Crippen LogP contribution in [-0.2, 0) is 6.54 Å². The van der Waals surface area contributed by atoms with Crippen LogP contribution < -0.4 is 4.90 Å². The Morgan fingerprint density at radius 2 is 1.96 bits per heavy atom. The van der Waals surface area contributed by atoms with E-state index in [1.165, 1.54) is 5.69 Å². The molecule has 3 heterocycles. The molecular weight excluding hydrogens is 288 g/mol. The Labute approximate surface area is 135 Å². The number of hydrogen-bond donors (Lipinski definition) is 0. The van der Waals surface area contributed by atoms with Gasteiger partial charge in [0.15, 0.2) is 5.58 Å². The highest BCUT2D eigenvalue weighted by Gasteiger charge is 2.25. The van der Waals surface area contributed by atoms with Gasteiger partial charge in [0.25, 0.3) is 0 Å². The Balaban J connectivity index is 1.45. The van der Waals surface area contributed by atoms with E-state index in [9.17, 15) is 0 Å². The van der Waals surface area contributed by atoms with Crippen LogP contribution in [0.2, 0.25) is 0 Å². The molecule has 1 aliphatic rings. The third kappa shape index (κ3) is 2.92. The molecular formula is C18H20N4O. The predicted molar refractivity (Wildman–Crippen MR) is 90.3 cm³/mol.